The fraction of sp³-hybridized carbons (Fsp3) is 0.571. The lowest BCUT2D eigenvalue weighted by molar-refractivity contribution is 0.366. The number of hydrogen-bond donors (Lipinski definition) is 1. The molecule has 1 N–H and O–H groups in total. The second kappa shape index (κ2) is 5.57. The number of nitrogens with zero attached hydrogens (tertiary/aromatic N) is 1. The van der Waals surface area contributed by atoms with Crippen LogP contribution in [-0.4, -0.2) is 25.2 Å². The fourth-order valence-electron chi connectivity index (χ4n) is 2.37. The molecule has 1 atom stereocenters. The molecule has 1 aliphatic rings. The fourth-order valence-corrected chi connectivity index (χ4v) is 3.10. The summed E-state index contributed by atoms with van der Waals surface area (Å²) in [7, 11) is 0. The van der Waals surface area contributed by atoms with E-state index in [0.29, 0.717) is 0 Å². The summed E-state index contributed by atoms with van der Waals surface area (Å²) in [6, 6.07) is 8.68. The number of rotatable bonds is 2. The van der Waals surface area contributed by atoms with Crippen LogP contribution in [0.15, 0.2) is 24.3 Å². The van der Waals surface area contributed by atoms with Gasteiger partial charge in [0.1, 0.15) is 0 Å². The van der Waals surface area contributed by atoms with Gasteiger partial charge in [0.05, 0.1) is 5.69 Å². The molecule has 94 valence electrons. The van der Waals surface area contributed by atoms with Crippen LogP contribution in [-0.2, 0) is 0 Å². The van der Waals surface area contributed by atoms with Gasteiger partial charge in [-0.1, -0.05) is 19.1 Å². The van der Waals surface area contributed by atoms with Crippen LogP contribution in [0, 0.1) is 3.57 Å². The summed E-state index contributed by atoms with van der Waals surface area (Å²) in [5.74, 6) is 0. The van der Waals surface area contributed by atoms with Crippen LogP contribution in [0.25, 0.3) is 0 Å². The summed E-state index contributed by atoms with van der Waals surface area (Å²) in [4.78, 5) is 2.53. The maximum Gasteiger partial charge on any atom is 0.0502 e. The Bertz CT molecular complexity index is 380. The Morgan fingerprint density at radius 2 is 2.18 bits per heavy atom. The number of hydrogen-bond acceptors (Lipinski definition) is 2. The van der Waals surface area contributed by atoms with Gasteiger partial charge in [-0.15, -0.1) is 0 Å². The average Bonchev–Trinajstić information content (AvgIpc) is 2.53. The van der Waals surface area contributed by atoms with E-state index in [4.69, 9.17) is 0 Å². The summed E-state index contributed by atoms with van der Waals surface area (Å²) >= 11 is 2.44. The molecule has 17 heavy (non-hydrogen) atoms. The molecule has 0 radical (unpaired) electrons. The minimum atomic E-state index is 0.245. The first kappa shape index (κ1) is 13.1. The summed E-state index contributed by atoms with van der Waals surface area (Å²) in [5.41, 5.74) is 1.63. The molecule has 0 aromatic heterocycles. The van der Waals surface area contributed by atoms with E-state index in [9.17, 15) is 0 Å². The highest BCUT2D eigenvalue weighted by Gasteiger charge is 2.27. The van der Waals surface area contributed by atoms with Crippen molar-refractivity contribution >= 4 is 28.3 Å². The van der Waals surface area contributed by atoms with E-state index in [1.165, 1.54) is 22.1 Å². The zero-order valence-corrected chi connectivity index (χ0v) is 12.8. The first-order valence-corrected chi connectivity index (χ1v) is 7.47. The Morgan fingerprint density at radius 1 is 1.41 bits per heavy atom. The Hall–Kier alpha value is -0.290. The largest absolute Gasteiger partial charge is 0.369 e. The minimum Gasteiger partial charge on any atom is -0.369 e. The molecule has 0 spiro atoms. The third kappa shape index (κ3) is 3.13. The number of benzene rings is 1. The van der Waals surface area contributed by atoms with Crippen molar-refractivity contribution in [3.05, 3.63) is 27.8 Å². The quantitative estimate of drug-likeness (QED) is 0.829. The first-order chi connectivity index (χ1) is 8.14. The normalized spacial score (nSPS) is 25.7. The Labute approximate surface area is 118 Å². The highest BCUT2D eigenvalue weighted by Crippen LogP contribution is 2.26. The lowest BCUT2D eigenvalue weighted by Gasteiger charge is -2.34. The van der Waals surface area contributed by atoms with Gasteiger partial charge in [0.2, 0.25) is 0 Å². The van der Waals surface area contributed by atoms with E-state index in [1.807, 2.05) is 0 Å². The standard InChI is InChI=1S/C14H21IN2/c1-3-14(2)11-17(10-6-9-16-14)13-8-5-4-7-12(13)15/h4-5,7-8,16H,3,6,9-11H2,1-2H3. The van der Waals surface area contributed by atoms with Gasteiger partial charge in [-0.25, -0.2) is 0 Å². The molecule has 1 aromatic carbocycles. The maximum absolute atomic E-state index is 3.68. The van der Waals surface area contributed by atoms with Gasteiger partial charge in [0.25, 0.3) is 0 Å². The van der Waals surface area contributed by atoms with Crippen LogP contribution in [0.5, 0.6) is 0 Å². The minimum absolute atomic E-state index is 0.245. The van der Waals surface area contributed by atoms with Crippen LogP contribution >= 0.6 is 22.6 Å². The third-order valence-electron chi connectivity index (χ3n) is 3.67. The van der Waals surface area contributed by atoms with Crippen molar-refractivity contribution in [1.29, 1.82) is 0 Å². The molecule has 2 rings (SSSR count). The van der Waals surface area contributed by atoms with Crippen LogP contribution < -0.4 is 10.2 Å². The van der Waals surface area contributed by atoms with E-state index < -0.39 is 0 Å². The van der Waals surface area contributed by atoms with Crippen molar-refractivity contribution in [2.24, 2.45) is 0 Å². The Balaban J connectivity index is 2.23. The highest BCUT2D eigenvalue weighted by molar-refractivity contribution is 14.1. The first-order valence-electron chi connectivity index (χ1n) is 6.39. The molecule has 1 heterocycles. The molecule has 1 unspecified atom stereocenters. The van der Waals surface area contributed by atoms with Gasteiger partial charge in [0, 0.05) is 22.2 Å². The molecule has 0 aliphatic carbocycles. The van der Waals surface area contributed by atoms with Gasteiger partial charge < -0.3 is 10.2 Å². The molecule has 0 bridgehead atoms. The van der Waals surface area contributed by atoms with Crippen molar-refractivity contribution < 1.29 is 0 Å². The molecule has 0 amide bonds. The zero-order valence-electron chi connectivity index (χ0n) is 10.7. The topological polar surface area (TPSA) is 15.3 Å². The second-order valence-corrected chi connectivity index (χ2v) is 6.23. The van der Waals surface area contributed by atoms with E-state index in [0.717, 1.165) is 19.6 Å². The Morgan fingerprint density at radius 3 is 2.88 bits per heavy atom. The maximum atomic E-state index is 3.68. The summed E-state index contributed by atoms with van der Waals surface area (Å²) in [6.07, 6.45) is 2.40. The van der Waals surface area contributed by atoms with Gasteiger partial charge in [-0.3, -0.25) is 0 Å². The van der Waals surface area contributed by atoms with Crippen LogP contribution in [0.2, 0.25) is 0 Å². The lowest BCUT2D eigenvalue weighted by Crippen LogP contribution is -2.48. The number of nitrogens with one attached hydrogen (secondary N) is 1. The molecule has 2 nitrogen and oxygen atoms in total. The monoisotopic (exact) mass is 344 g/mol. The Kier molecular flexibility index (Phi) is 4.31. The average molecular weight is 344 g/mol. The summed E-state index contributed by atoms with van der Waals surface area (Å²) in [6.45, 7) is 7.99. The predicted octanol–water partition coefficient (Wildman–Crippen LogP) is 3.26. The summed E-state index contributed by atoms with van der Waals surface area (Å²) in [5, 5.41) is 3.68. The molecular formula is C14H21IN2. The number of para-hydroxylation sites is 1. The van der Waals surface area contributed by atoms with Gasteiger partial charge >= 0.3 is 0 Å². The van der Waals surface area contributed by atoms with Crippen molar-refractivity contribution in [1.82, 2.24) is 5.32 Å². The zero-order chi connectivity index (χ0) is 12.3. The predicted molar refractivity (Wildman–Crippen MR) is 82.7 cm³/mol. The molecule has 1 fully saturated rings. The van der Waals surface area contributed by atoms with E-state index in [2.05, 4.69) is 70.9 Å². The SMILES string of the molecule is CCC1(C)CN(c2ccccc2I)CCCN1. The number of anilines is 1. The number of halogens is 1. The molecule has 0 saturated carbocycles. The van der Waals surface area contributed by atoms with E-state index in [-0.39, 0.29) is 5.54 Å². The third-order valence-corrected chi connectivity index (χ3v) is 4.58. The van der Waals surface area contributed by atoms with Crippen molar-refractivity contribution in [2.75, 3.05) is 24.5 Å². The second-order valence-electron chi connectivity index (χ2n) is 5.07. The van der Waals surface area contributed by atoms with Gasteiger partial charge in [-0.05, 0) is 61.0 Å². The van der Waals surface area contributed by atoms with Crippen LogP contribution in [0.3, 0.4) is 0 Å². The van der Waals surface area contributed by atoms with E-state index >= 15 is 0 Å². The molecular weight excluding hydrogens is 323 g/mol. The highest BCUT2D eigenvalue weighted by atomic mass is 127. The van der Waals surface area contributed by atoms with E-state index in [1.54, 1.807) is 0 Å². The van der Waals surface area contributed by atoms with Crippen molar-refractivity contribution in [2.45, 2.75) is 32.2 Å². The summed E-state index contributed by atoms with van der Waals surface area (Å²) < 4.78 is 1.35. The molecule has 1 aromatic rings. The van der Waals surface area contributed by atoms with Gasteiger partial charge in [-0.2, -0.15) is 0 Å². The van der Waals surface area contributed by atoms with Crippen molar-refractivity contribution in [3.63, 3.8) is 0 Å². The molecule has 1 saturated heterocycles. The van der Waals surface area contributed by atoms with Crippen LogP contribution in [0.4, 0.5) is 5.69 Å². The van der Waals surface area contributed by atoms with Crippen LogP contribution in [0.1, 0.15) is 26.7 Å². The van der Waals surface area contributed by atoms with Crippen molar-refractivity contribution in [3.8, 4) is 0 Å². The molecule has 1 aliphatic heterocycles. The van der Waals surface area contributed by atoms with Gasteiger partial charge in [0.15, 0.2) is 0 Å². The smallest absolute Gasteiger partial charge is 0.0502 e. The molecule has 3 heteroatoms. The lowest BCUT2D eigenvalue weighted by atomic mass is 9.98.